The second kappa shape index (κ2) is 7.68. The Morgan fingerprint density at radius 3 is 2.71 bits per heavy atom. The Bertz CT molecular complexity index is 1010. The van der Waals surface area contributed by atoms with E-state index in [0.717, 1.165) is 47.8 Å². The van der Waals surface area contributed by atoms with Gasteiger partial charge in [0.25, 0.3) is 0 Å². The Morgan fingerprint density at radius 1 is 1.21 bits per heavy atom. The van der Waals surface area contributed by atoms with Crippen LogP contribution in [0.1, 0.15) is 23.7 Å². The standard InChI is InChI=1S/C22H23ClN4O/c1-15(28)26-11-10-21-20(14-26)22(17-3-2-4-19(24)13-17)25-27(21)12-9-16-5-7-18(23)8-6-16/h2-8,13H,9-12,14,24H2,1H3. The molecule has 0 spiro atoms. The lowest BCUT2D eigenvalue weighted by Gasteiger charge is -2.27. The molecule has 6 heteroatoms. The van der Waals surface area contributed by atoms with Crippen LogP contribution < -0.4 is 5.73 Å². The molecule has 0 saturated carbocycles. The van der Waals surface area contributed by atoms with E-state index in [2.05, 4.69) is 16.8 Å². The van der Waals surface area contributed by atoms with Crippen LogP contribution >= 0.6 is 11.6 Å². The fraction of sp³-hybridized carbons (Fsp3) is 0.273. The summed E-state index contributed by atoms with van der Waals surface area (Å²) in [5, 5.41) is 5.67. The van der Waals surface area contributed by atoms with E-state index in [9.17, 15) is 4.79 Å². The molecule has 1 amide bonds. The zero-order valence-electron chi connectivity index (χ0n) is 15.9. The molecular formula is C22H23ClN4O. The summed E-state index contributed by atoms with van der Waals surface area (Å²) in [7, 11) is 0. The maximum atomic E-state index is 11.9. The molecule has 0 radical (unpaired) electrons. The summed E-state index contributed by atoms with van der Waals surface area (Å²) in [6, 6.07) is 15.7. The van der Waals surface area contributed by atoms with E-state index < -0.39 is 0 Å². The van der Waals surface area contributed by atoms with Crippen molar-refractivity contribution in [1.29, 1.82) is 0 Å². The van der Waals surface area contributed by atoms with Gasteiger partial charge in [0.05, 0.1) is 5.69 Å². The van der Waals surface area contributed by atoms with Gasteiger partial charge in [0.2, 0.25) is 5.91 Å². The number of carbonyl (C=O) groups excluding carboxylic acids is 1. The van der Waals surface area contributed by atoms with Crippen molar-refractivity contribution in [3.05, 3.63) is 70.4 Å². The van der Waals surface area contributed by atoms with Crippen molar-refractivity contribution in [3.8, 4) is 11.3 Å². The van der Waals surface area contributed by atoms with Crippen molar-refractivity contribution < 1.29 is 4.79 Å². The third-order valence-corrected chi connectivity index (χ3v) is 5.52. The number of nitrogens with zero attached hydrogens (tertiary/aromatic N) is 3. The average Bonchev–Trinajstić information content (AvgIpc) is 3.05. The maximum Gasteiger partial charge on any atom is 0.219 e. The normalized spacial score (nSPS) is 13.4. The number of aryl methyl sites for hydroxylation is 2. The van der Waals surface area contributed by atoms with Crippen LogP contribution in [0.25, 0.3) is 11.3 Å². The minimum atomic E-state index is 0.0955. The first-order valence-corrected chi connectivity index (χ1v) is 9.83. The number of benzene rings is 2. The van der Waals surface area contributed by atoms with Gasteiger partial charge in [-0.1, -0.05) is 35.9 Å². The lowest BCUT2D eigenvalue weighted by molar-refractivity contribution is -0.129. The Morgan fingerprint density at radius 2 is 2.00 bits per heavy atom. The van der Waals surface area contributed by atoms with Crippen LogP contribution in [0.5, 0.6) is 0 Å². The number of hydrogen-bond donors (Lipinski definition) is 1. The van der Waals surface area contributed by atoms with Crippen molar-refractivity contribution in [3.63, 3.8) is 0 Å². The molecule has 144 valence electrons. The Kier molecular flexibility index (Phi) is 5.09. The number of rotatable bonds is 4. The number of carbonyl (C=O) groups is 1. The number of fused-ring (bicyclic) bond motifs is 1. The molecule has 28 heavy (non-hydrogen) atoms. The number of nitrogens with two attached hydrogens (primary N) is 1. The molecule has 1 aliphatic heterocycles. The SMILES string of the molecule is CC(=O)N1CCc2c(c(-c3cccc(N)c3)nn2CCc2ccc(Cl)cc2)C1. The number of anilines is 1. The summed E-state index contributed by atoms with van der Waals surface area (Å²) in [6.07, 6.45) is 1.68. The van der Waals surface area contributed by atoms with E-state index in [4.69, 9.17) is 22.4 Å². The zero-order valence-corrected chi connectivity index (χ0v) is 16.6. The van der Waals surface area contributed by atoms with Crippen LogP contribution in [0.2, 0.25) is 5.02 Å². The van der Waals surface area contributed by atoms with Gasteiger partial charge in [-0.25, -0.2) is 0 Å². The highest BCUT2D eigenvalue weighted by molar-refractivity contribution is 6.30. The lowest BCUT2D eigenvalue weighted by atomic mass is 10.0. The van der Waals surface area contributed by atoms with Crippen LogP contribution in [0, 0.1) is 0 Å². The van der Waals surface area contributed by atoms with Gasteiger partial charge >= 0.3 is 0 Å². The molecular weight excluding hydrogens is 372 g/mol. The van der Waals surface area contributed by atoms with E-state index in [-0.39, 0.29) is 5.91 Å². The molecule has 0 fully saturated rings. The van der Waals surface area contributed by atoms with Gasteiger partial charge in [0.1, 0.15) is 0 Å². The molecule has 1 aromatic heterocycles. The average molecular weight is 395 g/mol. The molecule has 4 rings (SSSR count). The van der Waals surface area contributed by atoms with Crippen molar-refractivity contribution in [2.75, 3.05) is 12.3 Å². The fourth-order valence-electron chi connectivity index (χ4n) is 3.75. The Balaban J connectivity index is 1.68. The largest absolute Gasteiger partial charge is 0.399 e. The third kappa shape index (κ3) is 3.76. The number of nitrogen functional groups attached to an aromatic ring is 1. The monoisotopic (exact) mass is 394 g/mol. The van der Waals surface area contributed by atoms with Gasteiger partial charge in [-0.2, -0.15) is 5.10 Å². The quantitative estimate of drug-likeness (QED) is 0.682. The summed E-state index contributed by atoms with van der Waals surface area (Å²) < 4.78 is 2.10. The highest BCUT2D eigenvalue weighted by Crippen LogP contribution is 2.31. The summed E-state index contributed by atoms with van der Waals surface area (Å²) >= 11 is 5.99. The molecule has 2 aromatic carbocycles. The van der Waals surface area contributed by atoms with Gasteiger partial charge < -0.3 is 10.6 Å². The third-order valence-electron chi connectivity index (χ3n) is 5.26. The maximum absolute atomic E-state index is 11.9. The molecule has 0 saturated heterocycles. The molecule has 0 unspecified atom stereocenters. The molecule has 0 bridgehead atoms. The van der Waals surface area contributed by atoms with E-state index in [1.165, 1.54) is 11.3 Å². The first-order valence-electron chi connectivity index (χ1n) is 9.45. The van der Waals surface area contributed by atoms with E-state index in [1.54, 1.807) is 6.92 Å². The van der Waals surface area contributed by atoms with Crippen LogP contribution in [-0.2, 0) is 30.7 Å². The number of amides is 1. The van der Waals surface area contributed by atoms with Gasteiger partial charge in [-0.3, -0.25) is 9.48 Å². The zero-order chi connectivity index (χ0) is 19.7. The predicted octanol–water partition coefficient (Wildman–Crippen LogP) is 3.93. The molecule has 0 atom stereocenters. The number of halogens is 1. The minimum Gasteiger partial charge on any atom is -0.399 e. The topological polar surface area (TPSA) is 64.2 Å². The van der Waals surface area contributed by atoms with Crippen LogP contribution in [-0.4, -0.2) is 27.1 Å². The first-order chi connectivity index (χ1) is 13.5. The molecule has 0 aliphatic carbocycles. The molecule has 3 aromatic rings. The van der Waals surface area contributed by atoms with Crippen LogP contribution in [0.15, 0.2) is 48.5 Å². The summed E-state index contributed by atoms with van der Waals surface area (Å²) in [5.41, 5.74) is 12.2. The number of hydrogen-bond acceptors (Lipinski definition) is 3. The fourth-order valence-corrected chi connectivity index (χ4v) is 3.87. The van der Waals surface area contributed by atoms with Gasteiger partial charge in [0, 0.05) is 60.5 Å². The van der Waals surface area contributed by atoms with E-state index in [1.807, 2.05) is 41.3 Å². The molecule has 5 nitrogen and oxygen atoms in total. The smallest absolute Gasteiger partial charge is 0.219 e. The summed E-state index contributed by atoms with van der Waals surface area (Å²) in [4.78, 5) is 13.8. The molecule has 2 heterocycles. The Labute approximate surface area is 169 Å². The van der Waals surface area contributed by atoms with Crippen LogP contribution in [0.3, 0.4) is 0 Å². The van der Waals surface area contributed by atoms with E-state index in [0.29, 0.717) is 12.2 Å². The Hall–Kier alpha value is -2.79. The molecule has 1 aliphatic rings. The lowest BCUT2D eigenvalue weighted by Crippen LogP contribution is -2.34. The summed E-state index contributed by atoms with van der Waals surface area (Å²) in [5.74, 6) is 0.0955. The van der Waals surface area contributed by atoms with Gasteiger partial charge in [-0.05, 0) is 36.2 Å². The highest BCUT2D eigenvalue weighted by Gasteiger charge is 2.26. The highest BCUT2D eigenvalue weighted by atomic mass is 35.5. The second-order valence-corrected chi connectivity index (χ2v) is 7.63. The first kappa shape index (κ1) is 18.6. The molecule has 2 N–H and O–H groups in total. The minimum absolute atomic E-state index is 0.0955. The second-order valence-electron chi connectivity index (χ2n) is 7.19. The summed E-state index contributed by atoms with van der Waals surface area (Å²) in [6.45, 7) is 3.73. The number of aromatic nitrogens is 2. The van der Waals surface area contributed by atoms with Crippen molar-refractivity contribution in [2.45, 2.75) is 32.9 Å². The predicted molar refractivity (Wildman–Crippen MR) is 112 cm³/mol. The van der Waals surface area contributed by atoms with Gasteiger partial charge in [-0.15, -0.1) is 0 Å². The van der Waals surface area contributed by atoms with E-state index >= 15 is 0 Å². The van der Waals surface area contributed by atoms with Gasteiger partial charge in [0.15, 0.2) is 0 Å². The van der Waals surface area contributed by atoms with Crippen molar-refractivity contribution in [2.24, 2.45) is 0 Å². The van der Waals surface area contributed by atoms with Crippen molar-refractivity contribution >= 4 is 23.2 Å². The van der Waals surface area contributed by atoms with Crippen LogP contribution in [0.4, 0.5) is 5.69 Å². The van der Waals surface area contributed by atoms with Crippen molar-refractivity contribution in [1.82, 2.24) is 14.7 Å².